The van der Waals surface area contributed by atoms with Crippen molar-refractivity contribution in [1.82, 2.24) is 0 Å². The number of aliphatic hydroxyl groups is 13. The van der Waals surface area contributed by atoms with Crippen LogP contribution < -0.4 is 0 Å². The number of fused-ring (bicyclic) bond motifs is 7. The molecule has 3 saturated carbocycles. The number of hydrogen-bond acceptors (Lipinski definition) is 24. The molecule has 0 amide bonds. The second-order valence-electron chi connectivity index (χ2n) is 23.6. The molecule has 0 spiro atoms. The normalized spacial score (nSPS) is 53.2. The molecular weight excluding hydrogens is 1010 g/mol. The van der Waals surface area contributed by atoms with Gasteiger partial charge < -0.3 is 114 Å². The summed E-state index contributed by atoms with van der Waals surface area (Å²) in [6.07, 6.45) is -24.6. The topological polar surface area (TPSA) is 372 Å². The fourth-order valence-electron chi connectivity index (χ4n) is 14.9. The fraction of sp³-hybridized carbons (Fsp3) is 0.904. The maximum atomic E-state index is 12.2. The van der Waals surface area contributed by atoms with E-state index in [0.29, 0.717) is 24.8 Å². The van der Waals surface area contributed by atoms with E-state index in [-0.39, 0.29) is 67.2 Å². The third-order valence-electron chi connectivity index (χ3n) is 19.2. The van der Waals surface area contributed by atoms with Gasteiger partial charge in [0.15, 0.2) is 37.1 Å². The predicted molar refractivity (Wildman–Crippen MR) is 255 cm³/mol. The lowest BCUT2D eigenvalue weighted by Gasteiger charge is -2.60. The van der Waals surface area contributed by atoms with Crippen LogP contribution in [0.5, 0.6) is 0 Å². The summed E-state index contributed by atoms with van der Waals surface area (Å²) in [6, 6.07) is 0. The molecule has 24 nitrogen and oxygen atoms in total. The van der Waals surface area contributed by atoms with Crippen molar-refractivity contribution < 1.29 is 119 Å². The molecule has 13 N–H and O–H groups in total. The Bertz CT molecular complexity index is 2060. The van der Waals surface area contributed by atoms with Crippen LogP contribution >= 0.6 is 0 Å². The van der Waals surface area contributed by atoms with Crippen LogP contribution in [0.3, 0.4) is 0 Å². The van der Waals surface area contributed by atoms with E-state index in [2.05, 4.69) is 26.5 Å². The number of aliphatic hydroxyl groups excluding tert-OH is 12. The average Bonchev–Trinajstić information content (AvgIpc) is 3.82. The summed E-state index contributed by atoms with van der Waals surface area (Å²) in [6.45, 7) is 11.5. The van der Waals surface area contributed by atoms with Gasteiger partial charge in [0.2, 0.25) is 0 Å². The Morgan fingerprint density at radius 1 is 0.750 bits per heavy atom. The molecular formula is C52H82O24. The van der Waals surface area contributed by atoms with Crippen LogP contribution in [0.15, 0.2) is 23.8 Å². The highest BCUT2D eigenvalue weighted by molar-refractivity contribution is 5.66. The van der Waals surface area contributed by atoms with Crippen molar-refractivity contribution in [2.24, 2.45) is 40.4 Å². The summed E-state index contributed by atoms with van der Waals surface area (Å²) >= 11 is 0. The van der Waals surface area contributed by atoms with Crippen molar-refractivity contribution in [2.45, 2.75) is 227 Å². The van der Waals surface area contributed by atoms with Crippen molar-refractivity contribution in [3.8, 4) is 0 Å². The molecule has 8 fully saturated rings. The van der Waals surface area contributed by atoms with Crippen LogP contribution in [0.25, 0.3) is 0 Å². The highest BCUT2D eigenvalue weighted by atomic mass is 16.8. The van der Waals surface area contributed by atoms with Crippen LogP contribution in [0.4, 0.5) is 0 Å². The number of rotatable bonds is 15. The molecule has 5 heterocycles. The molecule has 0 aromatic heterocycles. The van der Waals surface area contributed by atoms with Gasteiger partial charge in [0, 0.05) is 31.1 Å². The van der Waals surface area contributed by atoms with E-state index in [4.69, 9.17) is 47.4 Å². The van der Waals surface area contributed by atoms with Crippen molar-refractivity contribution in [3.05, 3.63) is 23.8 Å². The smallest absolute Gasteiger partial charge is 0.303 e. The predicted octanol–water partition coefficient (Wildman–Crippen LogP) is -2.91. The molecule has 0 aromatic carbocycles. The van der Waals surface area contributed by atoms with Gasteiger partial charge in [-0.2, -0.15) is 0 Å². The fourth-order valence-corrected chi connectivity index (χ4v) is 14.9. The Labute approximate surface area is 441 Å². The molecule has 76 heavy (non-hydrogen) atoms. The van der Waals surface area contributed by atoms with Gasteiger partial charge in [0.1, 0.15) is 79.4 Å². The summed E-state index contributed by atoms with van der Waals surface area (Å²) in [5.41, 5.74) is 0.723. The van der Waals surface area contributed by atoms with Crippen LogP contribution in [-0.2, 0) is 52.2 Å². The minimum Gasteiger partial charge on any atom is -0.457 e. The van der Waals surface area contributed by atoms with Gasteiger partial charge in [-0.15, -0.1) is 0 Å². The third-order valence-corrected chi connectivity index (χ3v) is 19.2. The summed E-state index contributed by atoms with van der Waals surface area (Å²) < 4.78 is 60.1. The summed E-state index contributed by atoms with van der Waals surface area (Å²) in [4.78, 5) is 12.2. The first-order chi connectivity index (χ1) is 35.9. The van der Waals surface area contributed by atoms with E-state index in [0.717, 1.165) is 31.8 Å². The molecule has 24 heteroatoms. The standard InChI is InChI=1S/C52H82O24/c1-20(18-67-46-41(63)39(61)36(58)30(16-53)71-46)9-12-52(66)21(2)34-29(76-52)15-28-26-8-7-24-13-25(56)14-33(51(24,6)27(26)10-11-50(28,34)5)73-49-45(38(60)32(19-68-49)70-23(4)55)75-48-43(65)44(35(57)22(3)69-48)74-47-42(64)40(62)37(59)31(17-54)72-47/h7,21-22,25-49,53-54,56-66H,1,8-19H2,2-6H3. The second-order valence-corrected chi connectivity index (χ2v) is 23.6. The Kier molecular flexibility index (Phi) is 17.6. The van der Waals surface area contributed by atoms with Crippen molar-refractivity contribution in [3.63, 3.8) is 0 Å². The van der Waals surface area contributed by atoms with E-state index in [1.165, 1.54) is 6.92 Å². The van der Waals surface area contributed by atoms with Crippen molar-refractivity contribution in [2.75, 3.05) is 26.4 Å². The number of esters is 1. The molecule has 9 aliphatic rings. The van der Waals surface area contributed by atoms with Crippen LogP contribution in [-0.4, -0.2) is 240 Å². The number of hydrogen-bond donors (Lipinski definition) is 13. The zero-order chi connectivity index (χ0) is 55.1. The van der Waals surface area contributed by atoms with Gasteiger partial charge in [-0.1, -0.05) is 44.6 Å². The maximum absolute atomic E-state index is 12.2. The number of carbonyl (C=O) groups excluding carboxylic acids is 1. The lowest BCUT2D eigenvalue weighted by atomic mass is 9.46. The Hall–Kier alpha value is -1.93. The molecule has 0 bridgehead atoms. The van der Waals surface area contributed by atoms with Gasteiger partial charge in [0.25, 0.3) is 0 Å². The zero-order valence-corrected chi connectivity index (χ0v) is 43.7. The third kappa shape index (κ3) is 10.5. The molecule has 4 aliphatic carbocycles. The van der Waals surface area contributed by atoms with Gasteiger partial charge in [-0.25, -0.2) is 0 Å². The molecule has 9 rings (SSSR count). The van der Waals surface area contributed by atoms with E-state index >= 15 is 0 Å². The van der Waals surface area contributed by atoms with Gasteiger partial charge in [-0.3, -0.25) is 4.79 Å². The Morgan fingerprint density at radius 2 is 1.38 bits per heavy atom. The van der Waals surface area contributed by atoms with Crippen molar-refractivity contribution >= 4 is 5.97 Å². The molecule has 0 aromatic rings. The second kappa shape index (κ2) is 22.8. The van der Waals surface area contributed by atoms with Crippen LogP contribution in [0.2, 0.25) is 0 Å². The van der Waals surface area contributed by atoms with E-state index < -0.39 is 159 Å². The van der Waals surface area contributed by atoms with Crippen molar-refractivity contribution in [1.29, 1.82) is 0 Å². The first-order valence-electron chi connectivity index (χ1n) is 27.0. The molecule has 434 valence electrons. The van der Waals surface area contributed by atoms with E-state index in [1.807, 2.05) is 6.92 Å². The van der Waals surface area contributed by atoms with Gasteiger partial charge in [-0.05, 0) is 74.5 Å². The quantitative estimate of drug-likeness (QED) is 0.0578. The minimum absolute atomic E-state index is 0.0177. The number of ether oxygens (including phenoxy) is 10. The zero-order valence-electron chi connectivity index (χ0n) is 43.7. The summed E-state index contributed by atoms with van der Waals surface area (Å²) in [5, 5.41) is 140. The first kappa shape index (κ1) is 58.7. The van der Waals surface area contributed by atoms with Crippen LogP contribution in [0, 0.1) is 40.4 Å². The van der Waals surface area contributed by atoms with Crippen LogP contribution in [0.1, 0.15) is 86.0 Å². The largest absolute Gasteiger partial charge is 0.457 e. The average molecular weight is 1090 g/mol. The molecule has 5 aliphatic heterocycles. The lowest BCUT2D eigenvalue weighted by Crippen LogP contribution is -2.66. The first-order valence-corrected chi connectivity index (χ1v) is 27.0. The molecule has 30 atom stereocenters. The van der Waals surface area contributed by atoms with Gasteiger partial charge in [0.05, 0.1) is 50.8 Å². The minimum atomic E-state index is -1.87. The Balaban J connectivity index is 0.887. The summed E-state index contributed by atoms with van der Waals surface area (Å²) in [7, 11) is 0. The number of carbonyl (C=O) groups is 1. The SMILES string of the molecule is C=C(CCC1(O)OC2CC3C4CC=C5CC(O)CC(OC6OCC(OC(C)=O)C(O)C6OC6OC(C)C(O)C(OC7OC(CO)C(O)C(O)C7O)C6O)C5(C)C4CCC3(C)C2C1C)COC1OC(CO)C(O)C(O)C1O. The van der Waals surface area contributed by atoms with E-state index in [9.17, 15) is 71.2 Å². The van der Waals surface area contributed by atoms with Gasteiger partial charge >= 0.3 is 5.97 Å². The molecule has 0 radical (unpaired) electrons. The monoisotopic (exact) mass is 1090 g/mol. The highest BCUT2D eigenvalue weighted by Gasteiger charge is 2.69. The molecule has 30 unspecified atom stereocenters. The maximum Gasteiger partial charge on any atom is 0.303 e. The number of allylic oxidation sites excluding steroid dienone is 1. The van der Waals surface area contributed by atoms with E-state index in [1.54, 1.807) is 0 Å². The highest BCUT2D eigenvalue weighted by Crippen LogP contribution is 2.70. The lowest BCUT2D eigenvalue weighted by molar-refractivity contribution is -0.381. The molecule has 5 saturated heterocycles. The Morgan fingerprint density at radius 3 is 2.04 bits per heavy atom. The summed E-state index contributed by atoms with van der Waals surface area (Å²) in [5.74, 6) is -2.04.